The first-order valence-corrected chi connectivity index (χ1v) is 7.03. The van der Waals surface area contributed by atoms with Crippen molar-refractivity contribution < 1.29 is 18.4 Å². The quantitative estimate of drug-likeness (QED) is 0.681. The Hall–Kier alpha value is -1.56. The average molecular weight is 300 g/mol. The molecule has 0 amide bonds. The van der Waals surface area contributed by atoms with Gasteiger partial charge in [0, 0.05) is 32.0 Å². The van der Waals surface area contributed by atoms with Crippen molar-refractivity contribution in [2.24, 2.45) is 11.1 Å². The standard InChI is InChI=1S/C15H19F3N2O/c1-2-12-10-20(8-7-14(12)19-21)9-11-3-5-13(6-4-11)15(16,17)18/h3-6,12,21H,2,7-10H2,1H3/b19-14+. The van der Waals surface area contributed by atoms with Crippen molar-refractivity contribution in [1.82, 2.24) is 4.90 Å². The van der Waals surface area contributed by atoms with Crippen LogP contribution in [-0.2, 0) is 12.7 Å². The van der Waals surface area contributed by atoms with Crippen molar-refractivity contribution in [2.45, 2.75) is 32.5 Å². The number of piperidine rings is 1. The van der Waals surface area contributed by atoms with Gasteiger partial charge in [0.25, 0.3) is 0 Å². The minimum absolute atomic E-state index is 0.221. The maximum absolute atomic E-state index is 12.5. The molecule has 1 aliphatic rings. The Bertz CT molecular complexity index is 497. The molecule has 0 aromatic heterocycles. The van der Waals surface area contributed by atoms with Gasteiger partial charge in [-0.1, -0.05) is 24.2 Å². The van der Waals surface area contributed by atoms with E-state index in [1.54, 1.807) is 0 Å². The lowest BCUT2D eigenvalue weighted by molar-refractivity contribution is -0.137. The first kappa shape index (κ1) is 15.8. The normalized spacial score (nSPS) is 22.7. The highest BCUT2D eigenvalue weighted by molar-refractivity contribution is 5.87. The summed E-state index contributed by atoms with van der Waals surface area (Å²) in [4.78, 5) is 2.19. The Morgan fingerprint density at radius 3 is 2.48 bits per heavy atom. The zero-order valence-corrected chi connectivity index (χ0v) is 11.9. The summed E-state index contributed by atoms with van der Waals surface area (Å²) >= 11 is 0. The number of hydrogen-bond donors (Lipinski definition) is 1. The van der Waals surface area contributed by atoms with Crippen molar-refractivity contribution in [3.63, 3.8) is 0 Å². The molecule has 3 nitrogen and oxygen atoms in total. The highest BCUT2D eigenvalue weighted by atomic mass is 19.4. The molecule has 6 heteroatoms. The number of likely N-dealkylation sites (tertiary alicyclic amines) is 1. The number of benzene rings is 1. The Morgan fingerprint density at radius 2 is 1.95 bits per heavy atom. The molecular formula is C15H19F3N2O. The Kier molecular flexibility index (Phi) is 4.88. The smallest absolute Gasteiger partial charge is 0.411 e. The number of halogens is 3. The van der Waals surface area contributed by atoms with E-state index in [2.05, 4.69) is 10.1 Å². The molecule has 1 aromatic rings. The molecule has 0 aliphatic carbocycles. The van der Waals surface area contributed by atoms with Crippen molar-refractivity contribution in [3.8, 4) is 0 Å². The van der Waals surface area contributed by atoms with Crippen LogP contribution < -0.4 is 0 Å². The molecule has 1 saturated heterocycles. The molecule has 1 heterocycles. The van der Waals surface area contributed by atoms with Crippen LogP contribution in [0.4, 0.5) is 13.2 Å². The number of oxime groups is 1. The van der Waals surface area contributed by atoms with Gasteiger partial charge in [0.1, 0.15) is 0 Å². The van der Waals surface area contributed by atoms with Gasteiger partial charge in [0.05, 0.1) is 11.3 Å². The highest BCUT2D eigenvalue weighted by Crippen LogP contribution is 2.29. The average Bonchev–Trinajstić information content (AvgIpc) is 2.46. The Labute approximate surface area is 122 Å². The number of alkyl halides is 3. The molecule has 0 spiro atoms. The summed E-state index contributed by atoms with van der Waals surface area (Å²) in [5.41, 5.74) is 1.06. The molecule has 1 N–H and O–H groups in total. The molecule has 1 fully saturated rings. The second kappa shape index (κ2) is 6.47. The van der Waals surface area contributed by atoms with Crippen LogP contribution in [0.25, 0.3) is 0 Å². The van der Waals surface area contributed by atoms with Crippen LogP contribution in [0.3, 0.4) is 0 Å². The summed E-state index contributed by atoms with van der Waals surface area (Å²) in [6.45, 7) is 4.19. The van der Waals surface area contributed by atoms with Gasteiger partial charge >= 0.3 is 6.18 Å². The number of hydrogen-bond acceptors (Lipinski definition) is 3. The van der Waals surface area contributed by atoms with Crippen LogP contribution >= 0.6 is 0 Å². The van der Waals surface area contributed by atoms with Crippen LogP contribution in [0.15, 0.2) is 29.4 Å². The molecule has 2 rings (SSSR count). The van der Waals surface area contributed by atoms with Crippen LogP contribution in [0.1, 0.15) is 30.9 Å². The van der Waals surface area contributed by atoms with Gasteiger partial charge in [-0.25, -0.2) is 0 Å². The monoisotopic (exact) mass is 300 g/mol. The molecule has 1 unspecified atom stereocenters. The van der Waals surface area contributed by atoms with E-state index in [4.69, 9.17) is 5.21 Å². The molecule has 116 valence electrons. The summed E-state index contributed by atoms with van der Waals surface area (Å²) in [7, 11) is 0. The van der Waals surface area contributed by atoms with Crippen molar-refractivity contribution in [3.05, 3.63) is 35.4 Å². The van der Waals surface area contributed by atoms with Crippen LogP contribution in [0, 0.1) is 5.92 Å². The second-order valence-corrected chi connectivity index (χ2v) is 5.38. The highest BCUT2D eigenvalue weighted by Gasteiger charge is 2.30. The summed E-state index contributed by atoms with van der Waals surface area (Å²) in [6, 6.07) is 5.30. The molecule has 0 saturated carbocycles. The molecular weight excluding hydrogens is 281 g/mol. The first-order valence-electron chi connectivity index (χ1n) is 7.03. The lowest BCUT2D eigenvalue weighted by Gasteiger charge is -2.32. The topological polar surface area (TPSA) is 35.8 Å². The van der Waals surface area contributed by atoms with Gasteiger partial charge in [-0.2, -0.15) is 13.2 Å². The second-order valence-electron chi connectivity index (χ2n) is 5.38. The molecule has 0 bridgehead atoms. The lowest BCUT2D eigenvalue weighted by Crippen LogP contribution is -2.40. The predicted molar refractivity (Wildman–Crippen MR) is 74.3 cm³/mol. The zero-order valence-electron chi connectivity index (χ0n) is 11.9. The maximum atomic E-state index is 12.5. The van der Waals surface area contributed by atoms with Gasteiger partial charge in [0.2, 0.25) is 0 Å². The zero-order chi connectivity index (χ0) is 15.5. The van der Waals surface area contributed by atoms with Crippen molar-refractivity contribution in [1.29, 1.82) is 0 Å². The van der Waals surface area contributed by atoms with Gasteiger partial charge < -0.3 is 5.21 Å². The summed E-state index contributed by atoms with van der Waals surface area (Å²) in [6.07, 6.45) is -2.69. The first-order chi connectivity index (χ1) is 9.94. The molecule has 1 aromatic carbocycles. The summed E-state index contributed by atoms with van der Waals surface area (Å²) < 4.78 is 37.5. The van der Waals surface area contributed by atoms with E-state index in [0.29, 0.717) is 13.0 Å². The van der Waals surface area contributed by atoms with Gasteiger partial charge in [-0.15, -0.1) is 0 Å². The number of nitrogens with zero attached hydrogens (tertiary/aromatic N) is 2. The predicted octanol–water partition coefficient (Wildman–Crippen LogP) is 3.77. The van der Waals surface area contributed by atoms with Crippen molar-refractivity contribution >= 4 is 5.71 Å². The molecule has 1 atom stereocenters. The van der Waals surface area contributed by atoms with E-state index in [1.807, 2.05) is 6.92 Å². The van der Waals surface area contributed by atoms with E-state index in [9.17, 15) is 13.2 Å². The maximum Gasteiger partial charge on any atom is 0.416 e. The Morgan fingerprint density at radius 1 is 1.29 bits per heavy atom. The third-order valence-electron chi connectivity index (χ3n) is 3.94. The SMILES string of the molecule is CCC1CN(Cc2ccc(C(F)(F)F)cc2)CC/C1=N\O. The van der Waals surface area contributed by atoms with E-state index in [1.165, 1.54) is 12.1 Å². The minimum atomic E-state index is -4.29. The van der Waals surface area contributed by atoms with Crippen LogP contribution in [0.5, 0.6) is 0 Å². The summed E-state index contributed by atoms with van der Waals surface area (Å²) in [5, 5.41) is 12.3. The van der Waals surface area contributed by atoms with E-state index in [-0.39, 0.29) is 5.92 Å². The molecule has 0 radical (unpaired) electrons. The summed E-state index contributed by atoms with van der Waals surface area (Å²) in [5.74, 6) is 0.221. The fourth-order valence-electron chi connectivity index (χ4n) is 2.68. The minimum Gasteiger partial charge on any atom is -0.411 e. The van der Waals surface area contributed by atoms with Gasteiger partial charge in [0.15, 0.2) is 0 Å². The third kappa shape index (κ3) is 3.97. The number of rotatable bonds is 3. The van der Waals surface area contributed by atoms with Crippen molar-refractivity contribution in [2.75, 3.05) is 13.1 Å². The fourth-order valence-corrected chi connectivity index (χ4v) is 2.68. The third-order valence-corrected chi connectivity index (χ3v) is 3.94. The van der Waals surface area contributed by atoms with E-state index >= 15 is 0 Å². The lowest BCUT2D eigenvalue weighted by atomic mass is 9.93. The van der Waals surface area contributed by atoms with E-state index in [0.717, 1.165) is 42.9 Å². The fraction of sp³-hybridized carbons (Fsp3) is 0.533. The molecule has 21 heavy (non-hydrogen) atoms. The molecule has 1 aliphatic heterocycles. The van der Waals surface area contributed by atoms with E-state index < -0.39 is 11.7 Å². The van der Waals surface area contributed by atoms with Crippen LogP contribution in [-0.4, -0.2) is 28.9 Å². The van der Waals surface area contributed by atoms with Crippen LogP contribution in [0.2, 0.25) is 0 Å². The van der Waals surface area contributed by atoms with Gasteiger partial charge in [-0.05, 0) is 24.1 Å². The Balaban J connectivity index is 1.99. The van der Waals surface area contributed by atoms with Gasteiger partial charge in [-0.3, -0.25) is 4.90 Å². The largest absolute Gasteiger partial charge is 0.416 e.